The van der Waals surface area contributed by atoms with Crippen molar-refractivity contribution in [3.05, 3.63) is 59.5 Å². The molecule has 3 aromatic rings. The summed E-state index contributed by atoms with van der Waals surface area (Å²) >= 11 is 1.21. The molecule has 2 aromatic carbocycles. The highest BCUT2D eigenvalue weighted by molar-refractivity contribution is 7.99. The molecule has 0 unspecified atom stereocenters. The van der Waals surface area contributed by atoms with Crippen molar-refractivity contribution >= 4 is 34.3 Å². The van der Waals surface area contributed by atoms with Crippen LogP contribution >= 0.6 is 11.8 Å². The van der Waals surface area contributed by atoms with E-state index in [4.69, 9.17) is 4.74 Å². The number of alkyl halides is 1. The van der Waals surface area contributed by atoms with Crippen LogP contribution in [0.1, 0.15) is 37.4 Å². The number of thioether (sulfide) groups is 1. The lowest BCUT2D eigenvalue weighted by atomic mass is 9.73. The molecule has 0 spiro atoms. The molecular formula is C29H34F4N4O3S. The molecule has 7 nitrogen and oxygen atoms in total. The molecule has 4 rings (SSSR count). The molecular weight excluding hydrogens is 560 g/mol. The second-order valence-electron chi connectivity index (χ2n) is 10.5. The van der Waals surface area contributed by atoms with Gasteiger partial charge in [-0.1, -0.05) is 0 Å². The van der Waals surface area contributed by atoms with E-state index in [1.807, 2.05) is 14.1 Å². The Labute approximate surface area is 240 Å². The molecule has 1 saturated heterocycles. The summed E-state index contributed by atoms with van der Waals surface area (Å²) in [6, 6.07) is 7.24. The van der Waals surface area contributed by atoms with E-state index in [0.29, 0.717) is 71.0 Å². The van der Waals surface area contributed by atoms with Gasteiger partial charge in [0.2, 0.25) is 5.91 Å². The fraction of sp³-hybridized carbons (Fsp3) is 0.448. The number of hydroxylamine groups is 1. The Kier molecular flexibility index (Phi) is 9.98. The number of likely N-dealkylation sites (tertiary alicyclic amines) is 1. The van der Waals surface area contributed by atoms with E-state index in [1.165, 1.54) is 11.8 Å². The summed E-state index contributed by atoms with van der Waals surface area (Å²) in [5.41, 5.74) is 2.57. The second kappa shape index (κ2) is 13.3. The topological polar surface area (TPSA) is 77.9 Å². The number of hydrogen-bond donors (Lipinski definition) is 2. The minimum Gasteiger partial charge on any atom is -0.497 e. The van der Waals surface area contributed by atoms with Gasteiger partial charge in [-0.05, 0) is 69.1 Å². The fourth-order valence-electron chi connectivity index (χ4n) is 5.36. The maximum Gasteiger partial charge on any atom is 0.249 e. The van der Waals surface area contributed by atoms with Gasteiger partial charge < -0.3 is 14.5 Å². The third-order valence-electron chi connectivity index (χ3n) is 7.80. The summed E-state index contributed by atoms with van der Waals surface area (Å²) in [4.78, 5) is 21.5. The van der Waals surface area contributed by atoms with Crippen LogP contribution in [-0.4, -0.2) is 67.6 Å². The van der Waals surface area contributed by atoms with E-state index in [0.717, 1.165) is 12.1 Å². The van der Waals surface area contributed by atoms with Gasteiger partial charge in [-0.3, -0.25) is 15.0 Å². The molecule has 0 aliphatic carbocycles. The van der Waals surface area contributed by atoms with Gasteiger partial charge in [-0.25, -0.2) is 23.0 Å². The maximum atomic E-state index is 16.1. The lowest BCUT2D eigenvalue weighted by Crippen LogP contribution is -2.48. The van der Waals surface area contributed by atoms with Crippen LogP contribution in [0.2, 0.25) is 0 Å². The Morgan fingerprint density at radius 1 is 1.20 bits per heavy atom. The zero-order chi connectivity index (χ0) is 29.7. The number of carbonyl (C=O) groups is 1. The van der Waals surface area contributed by atoms with Gasteiger partial charge in [0.1, 0.15) is 11.9 Å². The molecule has 1 atom stereocenters. The largest absolute Gasteiger partial charge is 0.497 e. The first-order valence-corrected chi connectivity index (χ1v) is 14.3. The van der Waals surface area contributed by atoms with Crippen molar-refractivity contribution in [1.29, 1.82) is 0 Å². The van der Waals surface area contributed by atoms with E-state index in [1.54, 1.807) is 41.9 Å². The summed E-state index contributed by atoms with van der Waals surface area (Å²) in [5, 5.41) is 10.2. The number of anilines is 1. The predicted molar refractivity (Wildman–Crippen MR) is 151 cm³/mol. The number of hydrogen-bond acceptors (Lipinski definition) is 7. The van der Waals surface area contributed by atoms with Crippen LogP contribution in [0.4, 0.5) is 23.2 Å². The molecule has 0 bridgehead atoms. The van der Waals surface area contributed by atoms with Gasteiger partial charge >= 0.3 is 0 Å². The first kappa shape index (κ1) is 30.9. The number of fused-ring (bicyclic) bond motifs is 1. The minimum absolute atomic E-state index is 0.0577. The number of aromatic nitrogens is 1. The van der Waals surface area contributed by atoms with E-state index in [9.17, 15) is 23.2 Å². The maximum absolute atomic E-state index is 16.1. The summed E-state index contributed by atoms with van der Waals surface area (Å²) in [5.74, 6) is -3.40. The van der Waals surface area contributed by atoms with Gasteiger partial charge in [-0.15, -0.1) is 11.8 Å². The van der Waals surface area contributed by atoms with Crippen LogP contribution in [0, 0.1) is 22.9 Å². The Bertz CT molecular complexity index is 1360. The van der Waals surface area contributed by atoms with Crippen molar-refractivity contribution < 1.29 is 32.3 Å². The fourth-order valence-corrected chi connectivity index (χ4v) is 6.32. The number of halogens is 4. The predicted octanol–water partition coefficient (Wildman–Crippen LogP) is 5.90. The average molecular weight is 595 g/mol. The van der Waals surface area contributed by atoms with E-state index >= 15 is 4.39 Å². The molecule has 2 N–H and O–H groups in total. The monoisotopic (exact) mass is 594 g/mol. The number of benzene rings is 2. The van der Waals surface area contributed by atoms with Gasteiger partial charge in [0.15, 0.2) is 17.5 Å². The summed E-state index contributed by atoms with van der Waals surface area (Å²) in [7, 11) is 5.18. The number of nitrogens with one attached hydrogen (secondary N) is 1. The Balaban J connectivity index is 1.43. The lowest BCUT2D eigenvalue weighted by molar-refractivity contribution is -0.143. The van der Waals surface area contributed by atoms with Crippen molar-refractivity contribution in [3.8, 4) is 5.75 Å². The second-order valence-corrected chi connectivity index (χ2v) is 11.6. The van der Waals surface area contributed by atoms with Gasteiger partial charge in [-0.2, -0.15) is 0 Å². The van der Waals surface area contributed by atoms with Crippen LogP contribution in [0.25, 0.3) is 10.9 Å². The normalized spacial score (nSPS) is 16.0. The highest BCUT2D eigenvalue weighted by atomic mass is 32.2. The number of nitrogens with zero attached hydrogens (tertiary/aromatic N) is 3. The molecule has 41 heavy (non-hydrogen) atoms. The number of amides is 1. The number of piperidine rings is 1. The van der Waals surface area contributed by atoms with Crippen LogP contribution in [-0.2, 0) is 4.79 Å². The van der Waals surface area contributed by atoms with Gasteiger partial charge in [0.05, 0.1) is 29.9 Å². The highest BCUT2D eigenvalue weighted by Gasteiger charge is 2.41. The standard InChI is InChI=1S/C29H34F4N4O3S/c1-36(2)25-17-34-24-5-4-18(40-3)14-20(24)26(25)21(30)6-7-29(28(38)35-39)8-10-37(11-9-29)12-13-41-19-15-22(31)27(33)23(32)16-19/h4-5,14-17,21,39H,6-13H2,1-3H3,(H,35,38)/t21-/m1/s1. The zero-order valence-electron chi connectivity index (χ0n) is 23.2. The van der Waals surface area contributed by atoms with E-state index in [-0.39, 0.29) is 12.8 Å². The molecule has 1 aromatic heterocycles. The van der Waals surface area contributed by atoms with Crippen LogP contribution in [0.15, 0.2) is 41.4 Å². The molecule has 222 valence electrons. The third kappa shape index (κ3) is 6.87. The lowest BCUT2D eigenvalue weighted by Gasteiger charge is -2.40. The van der Waals surface area contributed by atoms with Gasteiger partial charge in [0, 0.05) is 42.2 Å². The number of methoxy groups -OCH3 is 1. The molecule has 0 radical (unpaired) electrons. The van der Waals surface area contributed by atoms with E-state index < -0.39 is 34.9 Å². The minimum atomic E-state index is -1.49. The number of pyridine rings is 1. The summed E-state index contributed by atoms with van der Waals surface area (Å²) in [6.07, 6.45) is 1.32. The van der Waals surface area contributed by atoms with Crippen LogP contribution < -0.4 is 15.1 Å². The number of ether oxygens (including phenoxy) is 1. The first-order valence-electron chi connectivity index (χ1n) is 13.3. The van der Waals surface area contributed by atoms with Crippen molar-refractivity contribution in [2.24, 2.45) is 5.41 Å². The highest BCUT2D eigenvalue weighted by Crippen LogP contribution is 2.43. The first-order chi connectivity index (χ1) is 19.6. The van der Waals surface area contributed by atoms with Crippen LogP contribution in [0.3, 0.4) is 0 Å². The van der Waals surface area contributed by atoms with E-state index in [2.05, 4.69) is 9.88 Å². The molecule has 1 amide bonds. The molecule has 0 saturated carbocycles. The van der Waals surface area contributed by atoms with Crippen molar-refractivity contribution in [2.45, 2.75) is 36.8 Å². The molecule has 1 fully saturated rings. The van der Waals surface area contributed by atoms with Crippen molar-refractivity contribution in [2.75, 3.05) is 51.5 Å². The van der Waals surface area contributed by atoms with Crippen LogP contribution in [0.5, 0.6) is 5.75 Å². The SMILES string of the molecule is COc1ccc2ncc(N(C)C)c([C@H](F)CCC3(C(=O)NO)CCN(CCSc4cc(F)c(F)c(F)c4)CC3)c2c1. The average Bonchev–Trinajstić information content (AvgIpc) is 2.97. The smallest absolute Gasteiger partial charge is 0.249 e. The Morgan fingerprint density at radius 2 is 1.88 bits per heavy atom. The summed E-state index contributed by atoms with van der Waals surface area (Å²) in [6.45, 7) is 1.62. The summed E-state index contributed by atoms with van der Waals surface area (Å²) < 4.78 is 61.7. The Hall–Kier alpha value is -3.09. The quantitative estimate of drug-likeness (QED) is 0.0942. The third-order valence-corrected chi connectivity index (χ3v) is 8.75. The molecule has 2 heterocycles. The van der Waals surface area contributed by atoms with Crippen molar-refractivity contribution in [1.82, 2.24) is 15.4 Å². The molecule has 12 heteroatoms. The molecule has 1 aliphatic rings. The zero-order valence-corrected chi connectivity index (χ0v) is 24.0. The van der Waals surface area contributed by atoms with Crippen molar-refractivity contribution in [3.63, 3.8) is 0 Å². The Morgan fingerprint density at radius 3 is 2.49 bits per heavy atom. The number of rotatable bonds is 11. The molecule has 1 aliphatic heterocycles. The number of carbonyl (C=O) groups excluding carboxylic acids is 1. The van der Waals surface area contributed by atoms with Gasteiger partial charge in [0.25, 0.3) is 0 Å².